The van der Waals surface area contributed by atoms with Crippen molar-refractivity contribution >= 4 is 0 Å². The van der Waals surface area contributed by atoms with E-state index in [1.165, 1.54) is 64.2 Å². The first-order valence-corrected chi connectivity index (χ1v) is 8.10. The molecule has 0 aromatic heterocycles. The second-order valence-corrected chi connectivity index (χ2v) is 6.37. The predicted molar refractivity (Wildman–Crippen MR) is 76.8 cm³/mol. The smallest absolute Gasteiger partial charge is 0.0724 e. The van der Waals surface area contributed by atoms with Gasteiger partial charge in [-0.2, -0.15) is 0 Å². The van der Waals surface area contributed by atoms with E-state index in [2.05, 4.69) is 12.2 Å². The molecule has 1 N–H and O–H groups in total. The van der Waals surface area contributed by atoms with Crippen LogP contribution in [-0.4, -0.2) is 25.3 Å². The Hall–Kier alpha value is -0.0800. The van der Waals surface area contributed by atoms with E-state index in [1.807, 2.05) is 7.11 Å². The summed E-state index contributed by atoms with van der Waals surface area (Å²) in [5.74, 6) is 0.895. The zero-order chi connectivity index (χ0) is 12.8. The number of nitrogens with one attached hydrogen (secondary N) is 1. The molecule has 2 aliphatic rings. The van der Waals surface area contributed by atoms with E-state index in [1.54, 1.807) is 0 Å². The third kappa shape index (κ3) is 3.96. The van der Waals surface area contributed by atoms with Crippen LogP contribution in [0.3, 0.4) is 0 Å². The van der Waals surface area contributed by atoms with Gasteiger partial charge in [0.2, 0.25) is 0 Å². The van der Waals surface area contributed by atoms with Crippen LogP contribution in [0.5, 0.6) is 0 Å². The molecule has 0 aromatic rings. The van der Waals surface area contributed by atoms with Crippen LogP contribution in [0.25, 0.3) is 0 Å². The molecule has 2 aliphatic carbocycles. The minimum atomic E-state index is 0.451. The van der Waals surface area contributed by atoms with Crippen molar-refractivity contribution in [3.05, 3.63) is 0 Å². The zero-order valence-electron chi connectivity index (χ0n) is 12.3. The molecule has 0 bridgehead atoms. The molecular weight excluding hydrogens is 222 g/mol. The van der Waals surface area contributed by atoms with Crippen molar-refractivity contribution in [1.29, 1.82) is 0 Å². The first-order valence-electron chi connectivity index (χ1n) is 8.10. The van der Waals surface area contributed by atoms with Gasteiger partial charge in [0, 0.05) is 19.2 Å². The molecule has 3 atom stereocenters. The van der Waals surface area contributed by atoms with E-state index in [4.69, 9.17) is 4.74 Å². The third-order valence-electron chi connectivity index (χ3n) is 5.09. The number of methoxy groups -OCH3 is 1. The highest BCUT2D eigenvalue weighted by atomic mass is 16.5. The lowest BCUT2D eigenvalue weighted by molar-refractivity contribution is 0.0351. The summed E-state index contributed by atoms with van der Waals surface area (Å²) < 4.78 is 5.65. The summed E-state index contributed by atoms with van der Waals surface area (Å²) in [7, 11) is 1.88. The maximum atomic E-state index is 5.65. The van der Waals surface area contributed by atoms with Crippen LogP contribution in [0.2, 0.25) is 0 Å². The molecule has 0 radical (unpaired) electrons. The molecule has 0 amide bonds. The molecule has 0 saturated heterocycles. The fourth-order valence-corrected chi connectivity index (χ4v) is 3.85. The molecule has 18 heavy (non-hydrogen) atoms. The van der Waals surface area contributed by atoms with Gasteiger partial charge < -0.3 is 10.1 Å². The van der Waals surface area contributed by atoms with E-state index in [0.717, 1.165) is 5.92 Å². The van der Waals surface area contributed by atoms with Crippen molar-refractivity contribution in [2.24, 2.45) is 5.92 Å². The SMILES string of the molecule is COC1CCCCC1N[C@H](C)C1CCCCCC1. The molecule has 2 nitrogen and oxygen atoms in total. The third-order valence-corrected chi connectivity index (χ3v) is 5.09. The summed E-state index contributed by atoms with van der Waals surface area (Å²) in [6.07, 6.45) is 14.3. The minimum Gasteiger partial charge on any atom is -0.380 e. The topological polar surface area (TPSA) is 21.3 Å². The van der Waals surface area contributed by atoms with E-state index in [-0.39, 0.29) is 0 Å². The average molecular weight is 253 g/mol. The first kappa shape index (κ1) is 14.3. The Morgan fingerprint density at radius 2 is 1.50 bits per heavy atom. The van der Waals surface area contributed by atoms with Crippen molar-refractivity contribution in [3.63, 3.8) is 0 Å². The van der Waals surface area contributed by atoms with Gasteiger partial charge in [-0.25, -0.2) is 0 Å². The number of hydrogen-bond donors (Lipinski definition) is 1. The van der Waals surface area contributed by atoms with Crippen molar-refractivity contribution in [1.82, 2.24) is 5.32 Å². The van der Waals surface area contributed by atoms with Gasteiger partial charge in [0.25, 0.3) is 0 Å². The van der Waals surface area contributed by atoms with E-state index >= 15 is 0 Å². The second-order valence-electron chi connectivity index (χ2n) is 6.37. The Balaban J connectivity index is 1.82. The van der Waals surface area contributed by atoms with Crippen LogP contribution >= 0.6 is 0 Å². The van der Waals surface area contributed by atoms with Crippen LogP contribution in [0.1, 0.15) is 71.1 Å². The average Bonchev–Trinajstić information content (AvgIpc) is 2.68. The fraction of sp³-hybridized carbons (Fsp3) is 1.00. The molecule has 2 fully saturated rings. The fourth-order valence-electron chi connectivity index (χ4n) is 3.85. The van der Waals surface area contributed by atoms with Gasteiger partial charge in [0.15, 0.2) is 0 Å². The molecule has 2 unspecified atom stereocenters. The van der Waals surface area contributed by atoms with Crippen LogP contribution < -0.4 is 5.32 Å². The van der Waals surface area contributed by atoms with Crippen molar-refractivity contribution in [2.75, 3.05) is 7.11 Å². The maximum Gasteiger partial charge on any atom is 0.0724 e. The lowest BCUT2D eigenvalue weighted by atomic mass is 9.88. The molecule has 0 heterocycles. The normalized spacial score (nSPS) is 33.0. The van der Waals surface area contributed by atoms with Crippen LogP contribution in [-0.2, 0) is 4.74 Å². The summed E-state index contributed by atoms with van der Waals surface area (Å²) in [6.45, 7) is 2.40. The standard InChI is InChI=1S/C16H31NO/c1-13(14-9-5-3-4-6-10-14)17-15-11-7-8-12-16(15)18-2/h13-17H,3-12H2,1-2H3/t13-,15?,16?/m1/s1. The summed E-state index contributed by atoms with van der Waals surface area (Å²) >= 11 is 0. The molecule has 0 aliphatic heterocycles. The van der Waals surface area contributed by atoms with Crippen LogP contribution in [0, 0.1) is 5.92 Å². The van der Waals surface area contributed by atoms with Gasteiger partial charge in [-0.15, -0.1) is 0 Å². The Kier molecular flexibility index (Phi) is 5.97. The number of ether oxygens (including phenoxy) is 1. The molecule has 0 spiro atoms. The lowest BCUT2D eigenvalue weighted by Gasteiger charge is -2.35. The van der Waals surface area contributed by atoms with Crippen LogP contribution in [0.15, 0.2) is 0 Å². The molecular formula is C16H31NO. The number of rotatable bonds is 4. The Morgan fingerprint density at radius 3 is 2.17 bits per heavy atom. The van der Waals surface area contributed by atoms with Gasteiger partial charge in [-0.1, -0.05) is 38.5 Å². The monoisotopic (exact) mass is 253 g/mol. The van der Waals surface area contributed by atoms with Crippen LogP contribution in [0.4, 0.5) is 0 Å². The highest BCUT2D eigenvalue weighted by Gasteiger charge is 2.28. The van der Waals surface area contributed by atoms with Gasteiger partial charge in [0.05, 0.1) is 6.10 Å². The highest BCUT2D eigenvalue weighted by Crippen LogP contribution is 2.27. The summed E-state index contributed by atoms with van der Waals surface area (Å²) in [6, 6.07) is 1.27. The quantitative estimate of drug-likeness (QED) is 0.767. The van der Waals surface area contributed by atoms with Crippen molar-refractivity contribution < 1.29 is 4.74 Å². The molecule has 2 saturated carbocycles. The molecule has 0 aromatic carbocycles. The summed E-state index contributed by atoms with van der Waals surface area (Å²) in [4.78, 5) is 0. The Labute approximate surface area is 113 Å². The maximum absolute atomic E-state index is 5.65. The summed E-state index contributed by atoms with van der Waals surface area (Å²) in [5.41, 5.74) is 0. The van der Waals surface area contributed by atoms with Crippen molar-refractivity contribution in [2.45, 2.75) is 89.3 Å². The largest absolute Gasteiger partial charge is 0.380 e. The van der Waals surface area contributed by atoms with E-state index < -0.39 is 0 Å². The highest BCUT2D eigenvalue weighted by molar-refractivity contribution is 4.86. The van der Waals surface area contributed by atoms with Gasteiger partial charge in [0.1, 0.15) is 0 Å². The van der Waals surface area contributed by atoms with Crippen molar-refractivity contribution in [3.8, 4) is 0 Å². The first-order chi connectivity index (χ1) is 8.81. The second kappa shape index (κ2) is 7.49. The Morgan fingerprint density at radius 1 is 0.889 bits per heavy atom. The lowest BCUT2D eigenvalue weighted by Crippen LogP contribution is -2.49. The van der Waals surface area contributed by atoms with Gasteiger partial charge in [-0.3, -0.25) is 0 Å². The minimum absolute atomic E-state index is 0.451. The van der Waals surface area contributed by atoms with Gasteiger partial charge >= 0.3 is 0 Å². The molecule has 2 heteroatoms. The zero-order valence-corrected chi connectivity index (χ0v) is 12.3. The van der Waals surface area contributed by atoms with E-state index in [0.29, 0.717) is 18.2 Å². The van der Waals surface area contributed by atoms with E-state index in [9.17, 15) is 0 Å². The summed E-state index contributed by atoms with van der Waals surface area (Å²) in [5, 5.41) is 3.89. The van der Waals surface area contributed by atoms with Gasteiger partial charge in [-0.05, 0) is 38.5 Å². The number of hydrogen-bond acceptors (Lipinski definition) is 2. The molecule has 106 valence electrons. The predicted octanol–water partition coefficient (Wildman–Crippen LogP) is 3.89. The molecule has 2 rings (SSSR count). The Bertz CT molecular complexity index is 223.